The number of amides is 2. The van der Waals surface area contributed by atoms with E-state index in [1.807, 2.05) is 30.3 Å². The van der Waals surface area contributed by atoms with E-state index in [0.717, 1.165) is 16.1 Å². The first-order chi connectivity index (χ1) is 14.6. The van der Waals surface area contributed by atoms with E-state index in [1.54, 1.807) is 32.0 Å². The fraction of sp³-hybridized carbons (Fsp3) is 0.364. The molecule has 1 N–H and O–H groups in total. The van der Waals surface area contributed by atoms with Gasteiger partial charge in [-0.1, -0.05) is 54.1 Å². The minimum absolute atomic E-state index is 0.216. The summed E-state index contributed by atoms with van der Waals surface area (Å²) >= 11 is 6.19. The lowest BCUT2D eigenvalue weighted by Gasteiger charge is -2.31. The maximum atomic E-state index is 13.3. The van der Waals surface area contributed by atoms with Crippen LogP contribution in [0.4, 0.5) is 5.69 Å². The minimum atomic E-state index is -3.79. The maximum absolute atomic E-state index is 13.3. The van der Waals surface area contributed by atoms with Crippen LogP contribution in [0.2, 0.25) is 5.02 Å². The molecule has 0 aliphatic carbocycles. The molecule has 2 rings (SSSR count). The third-order valence-electron chi connectivity index (χ3n) is 4.80. The molecule has 0 fully saturated rings. The van der Waals surface area contributed by atoms with E-state index in [2.05, 4.69) is 5.32 Å². The van der Waals surface area contributed by atoms with Gasteiger partial charge in [0, 0.05) is 13.1 Å². The lowest BCUT2D eigenvalue weighted by Crippen LogP contribution is -2.52. The Labute approximate surface area is 189 Å². The number of carbonyl (C=O) groups excluding carboxylic acids is 2. The van der Waals surface area contributed by atoms with Crippen molar-refractivity contribution in [1.82, 2.24) is 10.2 Å². The molecule has 0 heterocycles. The predicted octanol–water partition coefficient (Wildman–Crippen LogP) is 2.70. The van der Waals surface area contributed by atoms with Gasteiger partial charge >= 0.3 is 0 Å². The van der Waals surface area contributed by atoms with Gasteiger partial charge in [0.05, 0.1) is 17.0 Å². The van der Waals surface area contributed by atoms with Crippen molar-refractivity contribution in [3.05, 3.63) is 65.2 Å². The predicted molar refractivity (Wildman–Crippen MR) is 124 cm³/mol. The Bertz CT molecular complexity index is 999. The van der Waals surface area contributed by atoms with Gasteiger partial charge < -0.3 is 10.2 Å². The zero-order valence-corrected chi connectivity index (χ0v) is 19.5. The van der Waals surface area contributed by atoms with Crippen LogP contribution < -0.4 is 9.62 Å². The molecule has 0 aliphatic heterocycles. The summed E-state index contributed by atoms with van der Waals surface area (Å²) in [5, 5.41) is 2.93. The van der Waals surface area contributed by atoms with Crippen LogP contribution >= 0.6 is 11.6 Å². The topological polar surface area (TPSA) is 86.8 Å². The zero-order chi connectivity index (χ0) is 23.0. The number of nitrogens with zero attached hydrogens (tertiary/aromatic N) is 2. The van der Waals surface area contributed by atoms with E-state index in [1.165, 1.54) is 11.0 Å². The van der Waals surface area contributed by atoms with Crippen LogP contribution in [0.5, 0.6) is 0 Å². The van der Waals surface area contributed by atoms with E-state index in [-0.39, 0.29) is 23.2 Å². The molecule has 0 saturated heterocycles. The number of likely N-dealkylation sites (N-methyl/N-ethyl adjacent to an activating group) is 1. The molecule has 7 nitrogen and oxygen atoms in total. The van der Waals surface area contributed by atoms with Crippen LogP contribution in [0.1, 0.15) is 19.4 Å². The van der Waals surface area contributed by atoms with Gasteiger partial charge in [-0.3, -0.25) is 13.9 Å². The molecule has 168 valence electrons. The second-order valence-corrected chi connectivity index (χ2v) is 9.43. The van der Waals surface area contributed by atoms with Gasteiger partial charge in [0.1, 0.15) is 12.6 Å². The molecule has 0 radical (unpaired) electrons. The van der Waals surface area contributed by atoms with E-state index >= 15 is 0 Å². The summed E-state index contributed by atoms with van der Waals surface area (Å²) in [6.45, 7) is 3.67. The van der Waals surface area contributed by atoms with Gasteiger partial charge in [-0.05, 0) is 38.0 Å². The van der Waals surface area contributed by atoms with Crippen LogP contribution in [0.25, 0.3) is 0 Å². The smallest absolute Gasteiger partial charge is 0.244 e. The van der Waals surface area contributed by atoms with E-state index in [0.29, 0.717) is 13.0 Å². The number of hydrogen-bond acceptors (Lipinski definition) is 4. The highest BCUT2D eigenvalue weighted by Crippen LogP contribution is 2.27. The molecule has 2 aromatic carbocycles. The van der Waals surface area contributed by atoms with Crippen LogP contribution in [-0.2, 0) is 26.0 Å². The van der Waals surface area contributed by atoms with E-state index in [9.17, 15) is 18.0 Å². The lowest BCUT2D eigenvalue weighted by molar-refractivity contribution is -0.138. The van der Waals surface area contributed by atoms with Gasteiger partial charge in [-0.25, -0.2) is 8.42 Å². The quantitative estimate of drug-likeness (QED) is 0.584. The first kappa shape index (κ1) is 24.7. The molecule has 0 unspecified atom stereocenters. The molecule has 31 heavy (non-hydrogen) atoms. The van der Waals surface area contributed by atoms with Crippen LogP contribution in [-0.4, -0.2) is 57.1 Å². The molecule has 1 atom stereocenters. The number of sulfonamides is 1. The number of anilines is 1. The molecule has 0 aromatic heterocycles. The van der Waals surface area contributed by atoms with Crippen molar-refractivity contribution in [3.63, 3.8) is 0 Å². The number of hydrogen-bond donors (Lipinski definition) is 1. The average molecular weight is 466 g/mol. The molecular weight excluding hydrogens is 438 g/mol. The second kappa shape index (κ2) is 11.2. The van der Waals surface area contributed by atoms with Crippen molar-refractivity contribution < 1.29 is 18.0 Å². The van der Waals surface area contributed by atoms with Crippen molar-refractivity contribution >= 4 is 39.1 Å². The largest absolute Gasteiger partial charge is 0.355 e. The summed E-state index contributed by atoms with van der Waals surface area (Å²) in [4.78, 5) is 27.1. The average Bonchev–Trinajstić information content (AvgIpc) is 2.73. The van der Waals surface area contributed by atoms with Crippen LogP contribution in [0.15, 0.2) is 54.6 Å². The van der Waals surface area contributed by atoms with Crippen molar-refractivity contribution in [1.29, 1.82) is 0 Å². The van der Waals surface area contributed by atoms with E-state index in [4.69, 9.17) is 11.6 Å². The summed E-state index contributed by atoms with van der Waals surface area (Å²) in [6, 6.07) is 15.2. The fourth-order valence-electron chi connectivity index (χ4n) is 3.14. The Morgan fingerprint density at radius 3 is 2.26 bits per heavy atom. The first-order valence-corrected chi connectivity index (χ1v) is 12.2. The zero-order valence-electron chi connectivity index (χ0n) is 17.9. The molecule has 2 aromatic rings. The minimum Gasteiger partial charge on any atom is -0.355 e. The second-order valence-electron chi connectivity index (χ2n) is 7.11. The molecule has 0 bridgehead atoms. The molecule has 0 aliphatic rings. The molecule has 2 amide bonds. The summed E-state index contributed by atoms with van der Waals surface area (Å²) in [6.07, 6.45) is 1.55. The monoisotopic (exact) mass is 465 g/mol. The van der Waals surface area contributed by atoms with Crippen molar-refractivity contribution in [2.45, 2.75) is 26.3 Å². The number of carbonyl (C=O) groups is 2. The standard InChI is InChI=1S/C22H28ClN3O4S/c1-4-24-22(28)17(2)25(15-14-18-10-6-5-7-11-18)21(27)16-26(31(3,29)30)20-13-9-8-12-19(20)23/h5-13,17H,4,14-16H2,1-3H3,(H,24,28)/t17-/m0/s1. The number of halogens is 1. The van der Waals surface area contributed by atoms with Crippen molar-refractivity contribution in [2.24, 2.45) is 0 Å². The Kier molecular flexibility index (Phi) is 8.88. The molecular formula is C22H28ClN3O4S. The summed E-state index contributed by atoms with van der Waals surface area (Å²) in [5.41, 5.74) is 1.23. The number of para-hydroxylation sites is 1. The summed E-state index contributed by atoms with van der Waals surface area (Å²) in [7, 11) is -3.79. The molecule has 9 heteroatoms. The summed E-state index contributed by atoms with van der Waals surface area (Å²) in [5.74, 6) is -0.785. The highest BCUT2D eigenvalue weighted by Gasteiger charge is 2.30. The van der Waals surface area contributed by atoms with Crippen LogP contribution in [0.3, 0.4) is 0 Å². The number of rotatable bonds is 10. The first-order valence-electron chi connectivity index (χ1n) is 9.98. The number of benzene rings is 2. The van der Waals surface area contributed by atoms with Gasteiger partial charge in [0.2, 0.25) is 21.8 Å². The van der Waals surface area contributed by atoms with Crippen molar-refractivity contribution in [2.75, 3.05) is 30.2 Å². The third-order valence-corrected chi connectivity index (χ3v) is 6.25. The Morgan fingerprint density at radius 2 is 1.68 bits per heavy atom. The molecule has 0 saturated carbocycles. The Morgan fingerprint density at radius 1 is 1.06 bits per heavy atom. The third kappa shape index (κ3) is 6.97. The summed E-state index contributed by atoms with van der Waals surface area (Å²) < 4.78 is 25.9. The van der Waals surface area contributed by atoms with Gasteiger partial charge in [0.15, 0.2) is 0 Å². The van der Waals surface area contributed by atoms with Crippen LogP contribution in [0, 0.1) is 0 Å². The SMILES string of the molecule is CCNC(=O)[C@H](C)N(CCc1ccccc1)C(=O)CN(c1ccccc1Cl)S(C)(=O)=O. The fourth-order valence-corrected chi connectivity index (χ4v) is 4.29. The van der Waals surface area contributed by atoms with Gasteiger partial charge in [-0.2, -0.15) is 0 Å². The normalized spacial score (nSPS) is 12.1. The Balaban J connectivity index is 2.30. The molecule has 0 spiro atoms. The lowest BCUT2D eigenvalue weighted by atomic mass is 10.1. The highest BCUT2D eigenvalue weighted by molar-refractivity contribution is 7.92. The number of nitrogens with one attached hydrogen (secondary N) is 1. The van der Waals surface area contributed by atoms with Crippen molar-refractivity contribution in [3.8, 4) is 0 Å². The van der Waals surface area contributed by atoms with Gasteiger partial charge in [-0.15, -0.1) is 0 Å². The maximum Gasteiger partial charge on any atom is 0.244 e. The highest BCUT2D eigenvalue weighted by atomic mass is 35.5. The Hall–Kier alpha value is -2.58. The van der Waals surface area contributed by atoms with E-state index < -0.39 is 28.5 Å². The van der Waals surface area contributed by atoms with Gasteiger partial charge in [0.25, 0.3) is 0 Å².